The molecule has 1 aromatic rings. The van der Waals surface area contributed by atoms with Gasteiger partial charge in [0.05, 0.1) is 13.2 Å². The Morgan fingerprint density at radius 1 is 1.20 bits per heavy atom. The number of hydrogen-bond acceptors (Lipinski definition) is 3. The van der Waals surface area contributed by atoms with E-state index in [1.165, 1.54) is 19.3 Å². The monoisotopic (exact) mass is 341 g/mol. The van der Waals surface area contributed by atoms with E-state index in [2.05, 4.69) is 22.0 Å². The lowest BCUT2D eigenvalue weighted by Crippen LogP contribution is -2.39. The maximum absolute atomic E-state index is 6.69. The summed E-state index contributed by atoms with van der Waals surface area (Å²) in [6.45, 7) is 4.05. The van der Waals surface area contributed by atoms with E-state index in [1.54, 1.807) is 7.11 Å². The van der Waals surface area contributed by atoms with Gasteiger partial charge in [-0.1, -0.05) is 35.2 Å². The highest BCUT2D eigenvalue weighted by molar-refractivity contribution is 9.10. The van der Waals surface area contributed by atoms with Crippen molar-refractivity contribution in [1.82, 2.24) is 0 Å². The number of benzene rings is 1. The van der Waals surface area contributed by atoms with Crippen LogP contribution in [0.25, 0.3) is 0 Å². The smallest absolute Gasteiger partial charge is 0.166 e. The first-order chi connectivity index (χ1) is 9.46. The molecule has 1 aromatic carbocycles. The van der Waals surface area contributed by atoms with Crippen LogP contribution in [0.2, 0.25) is 0 Å². The van der Waals surface area contributed by atoms with Gasteiger partial charge in [-0.3, -0.25) is 0 Å². The molecule has 1 aliphatic rings. The molecule has 112 valence electrons. The summed E-state index contributed by atoms with van der Waals surface area (Å²) in [5.74, 6) is 1.55. The van der Waals surface area contributed by atoms with Crippen molar-refractivity contribution in [1.29, 1.82) is 0 Å². The quantitative estimate of drug-likeness (QED) is 0.884. The van der Waals surface area contributed by atoms with Gasteiger partial charge in [-0.05, 0) is 38.8 Å². The molecule has 1 aliphatic carbocycles. The van der Waals surface area contributed by atoms with Crippen molar-refractivity contribution in [2.24, 2.45) is 5.73 Å². The van der Waals surface area contributed by atoms with Gasteiger partial charge in [-0.2, -0.15) is 0 Å². The van der Waals surface area contributed by atoms with Gasteiger partial charge < -0.3 is 15.2 Å². The van der Waals surface area contributed by atoms with E-state index in [0.717, 1.165) is 34.4 Å². The van der Waals surface area contributed by atoms with Gasteiger partial charge in [0.1, 0.15) is 0 Å². The molecule has 0 spiro atoms. The second-order valence-electron chi connectivity index (χ2n) is 5.87. The van der Waals surface area contributed by atoms with Gasteiger partial charge >= 0.3 is 0 Å². The van der Waals surface area contributed by atoms with Crippen LogP contribution in [-0.2, 0) is 5.54 Å². The molecule has 0 saturated heterocycles. The van der Waals surface area contributed by atoms with Crippen LogP contribution >= 0.6 is 15.9 Å². The number of ether oxygens (including phenoxy) is 2. The van der Waals surface area contributed by atoms with Crippen LogP contribution in [0.5, 0.6) is 11.5 Å². The van der Waals surface area contributed by atoms with E-state index in [0.29, 0.717) is 0 Å². The van der Waals surface area contributed by atoms with Gasteiger partial charge in [0.2, 0.25) is 0 Å². The van der Waals surface area contributed by atoms with Crippen LogP contribution < -0.4 is 15.2 Å². The second kappa shape index (κ2) is 6.35. The molecule has 0 heterocycles. The summed E-state index contributed by atoms with van der Waals surface area (Å²) in [6, 6.07) is 4.03. The zero-order valence-corrected chi connectivity index (χ0v) is 14.1. The van der Waals surface area contributed by atoms with E-state index in [4.69, 9.17) is 15.2 Å². The Bertz CT molecular complexity index is 468. The number of rotatable bonds is 4. The van der Waals surface area contributed by atoms with E-state index in [-0.39, 0.29) is 11.6 Å². The van der Waals surface area contributed by atoms with Crippen LogP contribution in [0, 0.1) is 0 Å². The SMILES string of the molecule is COc1cc(Br)cc(C2(N)CCCCC2)c1OC(C)C. The molecular weight excluding hydrogens is 318 g/mol. The van der Waals surface area contributed by atoms with Crippen molar-refractivity contribution < 1.29 is 9.47 Å². The second-order valence-corrected chi connectivity index (χ2v) is 6.78. The van der Waals surface area contributed by atoms with E-state index in [1.807, 2.05) is 19.9 Å². The lowest BCUT2D eigenvalue weighted by atomic mass is 9.77. The minimum absolute atomic E-state index is 0.0935. The fourth-order valence-corrected chi connectivity index (χ4v) is 3.34. The molecule has 0 aromatic heterocycles. The van der Waals surface area contributed by atoms with E-state index < -0.39 is 0 Å². The van der Waals surface area contributed by atoms with Gasteiger partial charge in [0, 0.05) is 15.6 Å². The number of nitrogens with two attached hydrogens (primary N) is 1. The van der Waals surface area contributed by atoms with E-state index in [9.17, 15) is 0 Å². The third-order valence-corrected chi connectivity index (χ3v) is 4.33. The molecule has 1 fully saturated rings. The highest BCUT2D eigenvalue weighted by Crippen LogP contribution is 2.45. The summed E-state index contributed by atoms with van der Waals surface area (Å²) in [5, 5.41) is 0. The molecular formula is C16H24BrNO2. The molecule has 2 rings (SSSR count). The molecule has 1 saturated carbocycles. The highest BCUT2D eigenvalue weighted by Gasteiger charge is 2.34. The zero-order chi connectivity index (χ0) is 14.8. The van der Waals surface area contributed by atoms with Crippen molar-refractivity contribution in [2.45, 2.75) is 57.6 Å². The molecule has 4 heteroatoms. The predicted octanol–water partition coefficient (Wildman–Crippen LogP) is 4.36. The first-order valence-corrected chi connectivity index (χ1v) is 8.09. The maximum atomic E-state index is 6.69. The Kier molecular flexibility index (Phi) is 4.97. The Hall–Kier alpha value is -0.740. The topological polar surface area (TPSA) is 44.5 Å². The molecule has 2 N–H and O–H groups in total. The number of hydrogen-bond donors (Lipinski definition) is 1. The zero-order valence-electron chi connectivity index (χ0n) is 12.5. The summed E-state index contributed by atoms with van der Waals surface area (Å²) in [6.07, 6.45) is 5.71. The Labute approximate surface area is 130 Å². The average Bonchev–Trinajstić information content (AvgIpc) is 2.40. The molecule has 0 unspecified atom stereocenters. The number of methoxy groups -OCH3 is 1. The Morgan fingerprint density at radius 2 is 1.85 bits per heavy atom. The summed E-state index contributed by atoms with van der Waals surface area (Å²) in [5.41, 5.74) is 7.45. The molecule has 0 amide bonds. The molecule has 0 atom stereocenters. The minimum atomic E-state index is -0.306. The fraction of sp³-hybridized carbons (Fsp3) is 0.625. The lowest BCUT2D eigenvalue weighted by Gasteiger charge is -2.36. The van der Waals surface area contributed by atoms with Gasteiger partial charge in [-0.25, -0.2) is 0 Å². The molecule has 20 heavy (non-hydrogen) atoms. The van der Waals surface area contributed by atoms with Gasteiger partial charge in [0.15, 0.2) is 11.5 Å². The maximum Gasteiger partial charge on any atom is 0.166 e. The van der Waals surface area contributed by atoms with Crippen LogP contribution in [-0.4, -0.2) is 13.2 Å². The Morgan fingerprint density at radius 3 is 2.40 bits per heavy atom. The van der Waals surface area contributed by atoms with Crippen LogP contribution in [0.3, 0.4) is 0 Å². The van der Waals surface area contributed by atoms with Crippen LogP contribution in [0.15, 0.2) is 16.6 Å². The van der Waals surface area contributed by atoms with E-state index >= 15 is 0 Å². The molecule has 3 nitrogen and oxygen atoms in total. The fourth-order valence-electron chi connectivity index (χ4n) is 2.90. The molecule has 0 aliphatic heterocycles. The average molecular weight is 342 g/mol. The largest absolute Gasteiger partial charge is 0.493 e. The van der Waals surface area contributed by atoms with Gasteiger partial charge in [0.25, 0.3) is 0 Å². The van der Waals surface area contributed by atoms with Crippen molar-refractivity contribution >= 4 is 15.9 Å². The first-order valence-electron chi connectivity index (χ1n) is 7.30. The molecule has 0 radical (unpaired) electrons. The summed E-state index contributed by atoms with van der Waals surface area (Å²) in [4.78, 5) is 0. The predicted molar refractivity (Wildman–Crippen MR) is 85.4 cm³/mol. The van der Waals surface area contributed by atoms with Crippen molar-refractivity contribution in [2.75, 3.05) is 7.11 Å². The standard InChI is InChI=1S/C16H24BrNO2/c1-11(2)20-15-13(9-12(17)10-14(15)19-3)16(18)7-5-4-6-8-16/h9-11H,4-8,18H2,1-3H3. The van der Waals surface area contributed by atoms with Gasteiger partial charge in [-0.15, -0.1) is 0 Å². The minimum Gasteiger partial charge on any atom is -0.493 e. The van der Waals surface area contributed by atoms with Crippen molar-refractivity contribution in [3.05, 3.63) is 22.2 Å². The third-order valence-electron chi connectivity index (χ3n) is 3.88. The summed E-state index contributed by atoms with van der Waals surface area (Å²) in [7, 11) is 1.67. The number of halogens is 1. The van der Waals surface area contributed by atoms with Crippen molar-refractivity contribution in [3.63, 3.8) is 0 Å². The summed E-state index contributed by atoms with van der Waals surface area (Å²) >= 11 is 3.55. The normalized spacial score (nSPS) is 18.1. The van der Waals surface area contributed by atoms with Crippen LogP contribution in [0.4, 0.5) is 0 Å². The first kappa shape index (κ1) is 15.6. The molecule has 0 bridgehead atoms. The third kappa shape index (κ3) is 3.29. The Balaban J connectivity index is 2.51. The summed E-state index contributed by atoms with van der Waals surface area (Å²) < 4.78 is 12.5. The lowest BCUT2D eigenvalue weighted by molar-refractivity contribution is 0.214. The highest BCUT2D eigenvalue weighted by atomic mass is 79.9. The van der Waals surface area contributed by atoms with Crippen LogP contribution in [0.1, 0.15) is 51.5 Å². The van der Waals surface area contributed by atoms with Crippen molar-refractivity contribution in [3.8, 4) is 11.5 Å².